The highest BCUT2D eigenvalue weighted by Gasteiger charge is 2.25. The molecule has 0 radical (unpaired) electrons. The Kier molecular flexibility index (Phi) is 3.50. The lowest BCUT2D eigenvalue weighted by Crippen LogP contribution is -2.52. The molecule has 0 amide bonds. The van der Waals surface area contributed by atoms with Crippen LogP contribution in [0.1, 0.15) is 26.7 Å². The van der Waals surface area contributed by atoms with Crippen molar-refractivity contribution < 1.29 is 5.11 Å². The second-order valence-corrected chi connectivity index (χ2v) is 3.89. The van der Waals surface area contributed by atoms with E-state index in [0.29, 0.717) is 6.04 Å². The monoisotopic (exact) mass is 172 g/mol. The van der Waals surface area contributed by atoms with Crippen molar-refractivity contribution in [2.24, 2.45) is 5.73 Å². The summed E-state index contributed by atoms with van der Waals surface area (Å²) in [5, 5.41) is 9.23. The van der Waals surface area contributed by atoms with Gasteiger partial charge < -0.3 is 10.8 Å². The van der Waals surface area contributed by atoms with E-state index < -0.39 is 0 Å². The van der Waals surface area contributed by atoms with Crippen molar-refractivity contribution in [3.05, 3.63) is 0 Å². The molecule has 0 aromatic rings. The van der Waals surface area contributed by atoms with Crippen LogP contribution in [-0.2, 0) is 0 Å². The van der Waals surface area contributed by atoms with Gasteiger partial charge in [-0.2, -0.15) is 0 Å². The number of aliphatic hydroxyl groups excluding tert-OH is 1. The van der Waals surface area contributed by atoms with Gasteiger partial charge in [-0.15, -0.1) is 0 Å². The number of piperidine rings is 1. The largest absolute Gasteiger partial charge is 0.392 e. The van der Waals surface area contributed by atoms with Crippen molar-refractivity contribution in [3.63, 3.8) is 0 Å². The van der Waals surface area contributed by atoms with Crippen LogP contribution in [0.5, 0.6) is 0 Å². The number of likely N-dealkylation sites (tertiary alicyclic amines) is 1. The van der Waals surface area contributed by atoms with Crippen LogP contribution in [0.15, 0.2) is 0 Å². The molecule has 0 spiro atoms. The molecule has 1 aliphatic heterocycles. The molecular formula is C9H20N2O. The number of aliphatic hydroxyl groups is 1. The molecule has 12 heavy (non-hydrogen) atoms. The molecule has 3 nitrogen and oxygen atoms in total. The zero-order valence-corrected chi connectivity index (χ0v) is 8.03. The molecule has 2 unspecified atom stereocenters. The number of nitrogens with two attached hydrogens (primary N) is 1. The molecule has 3 N–H and O–H groups in total. The molecule has 0 aromatic carbocycles. The fraction of sp³-hybridized carbons (Fsp3) is 1.00. The molecule has 1 aliphatic rings. The van der Waals surface area contributed by atoms with Gasteiger partial charge in [-0.25, -0.2) is 0 Å². The van der Waals surface area contributed by atoms with E-state index in [1.165, 1.54) is 0 Å². The van der Waals surface area contributed by atoms with Gasteiger partial charge in [-0.3, -0.25) is 4.90 Å². The van der Waals surface area contributed by atoms with E-state index in [0.717, 1.165) is 25.9 Å². The first-order valence-corrected chi connectivity index (χ1v) is 4.79. The van der Waals surface area contributed by atoms with Crippen LogP contribution < -0.4 is 5.73 Å². The molecule has 1 saturated heterocycles. The molecule has 1 rings (SSSR count). The minimum Gasteiger partial charge on any atom is -0.392 e. The number of hydrogen-bond donors (Lipinski definition) is 2. The Labute approximate surface area is 74.5 Å². The predicted molar refractivity (Wildman–Crippen MR) is 49.9 cm³/mol. The molecule has 3 atom stereocenters. The number of nitrogens with zero attached hydrogens (tertiary/aromatic N) is 1. The second kappa shape index (κ2) is 4.21. The second-order valence-electron chi connectivity index (χ2n) is 3.89. The van der Waals surface area contributed by atoms with E-state index in [-0.39, 0.29) is 12.1 Å². The van der Waals surface area contributed by atoms with E-state index >= 15 is 0 Å². The maximum atomic E-state index is 9.23. The van der Waals surface area contributed by atoms with E-state index in [1.807, 2.05) is 6.92 Å². The average Bonchev–Trinajstić information content (AvgIpc) is 1.98. The molecule has 72 valence electrons. The van der Waals surface area contributed by atoms with Gasteiger partial charge in [0.1, 0.15) is 0 Å². The third-order valence-electron chi connectivity index (χ3n) is 2.68. The van der Waals surface area contributed by atoms with Crippen molar-refractivity contribution in [2.75, 3.05) is 13.1 Å². The smallest absolute Gasteiger partial charge is 0.0639 e. The standard InChI is InChI=1S/C9H20N2O/c1-7(12)6-11-5-3-4-9(10)8(11)2/h7-9,12H,3-6,10H2,1-2H3/t7-,8?,9?/m1/s1. The topological polar surface area (TPSA) is 49.5 Å². The Balaban J connectivity index is 2.41. The molecular weight excluding hydrogens is 152 g/mol. The Morgan fingerprint density at radius 3 is 2.92 bits per heavy atom. The maximum Gasteiger partial charge on any atom is 0.0639 e. The summed E-state index contributed by atoms with van der Waals surface area (Å²) in [6.45, 7) is 5.81. The number of hydrogen-bond acceptors (Lipinski definition) is 3. The first-order valence-electron chi connectivity index (χ1n) is 4.79. The average molecular weight is 172 g/mol. The van der Waals surface area contributed by atoms with Gasteiger partial charge in [0.2, 0.25) is 0 Å². The normalized spacial score (nSPS) is 35.0. The third-order valence-corrected chi connectivity index (χ3v) is 2.68. The quantitative estimate of drug-likeness (QED) is 0.624. The fourth-order valence-corrected chi connectivity index (χ4v) is 1.84. The minimum absolute atomic E-state index is 0.238. The maximum absolute atomic E-state index is 9.23. The SMILES string of the molecule is CC1C(N)CCCN1C[C@@H](C)O. The van der Waals surface area contributed by atoms with Crippen LogP contribution in [-0.4, -0.2) is 41.3 Å². The summed E-state index contributed by atoms with van der Waals surface area (Å²) in [6, 6.07) is 0.714. The molecule has 1 heterocycles. The van der Waals surface area contributed by atoms with Crippen LogP contribution in [0, 0.1) is 0 Å². The lowest BCUT2D eigenvalue weighted by molar-refractivity contribution is 0.0740. The molecule has 1 fully saturated rings. The van der Waals surface area contributed by atoms with Crippen molar-refractivity contribution in [1.82, 2.24) is 4.90 Å². The fourth-order valence-electron chi connectivity index (χ4n) is 1.84. The van der Waals surface area contributed by atoms with E-state index in [1.54, 1.807) is 0 Å². The third kappa shape index (κ3) is 2.44. The lowest BCUT2D eigenvalue weighted by atomic mass is 9.98. The van der Waals surface area contributed by atoms with Crippen molar-refractivity contribution >= 4 is 0 Å². The minimum atomic E-state index is -0.238. The van der Waals surface area contributed by atoms with Gasteiger partial charge in [0, 0.05) is 18.6 Å². The summed E-state index contributed by atoms with van der Waals surface area (Å²) < 4.78 is 0. The van der Waals surface area contributed by atoms with Crippen molar-refractivity contribution in [1.29, 1.82) is 0 Å². The lowest BCUT2D eigenvalue weighted by Gasteiger charge is -2.38. The Hall–Kier alpha value is -0.120. The zero-order valence-electron chi connectivity index (χ0n) is 8.03. The first-order chi connectivity index (χ1) is 5.61. The summed E-state index contributed by atoms with van der Waals surface area (Å²) in [5.41, 5.74) is 5.92. The van der Waals surface area contributed by atoms with Crippen LogP contribution in [0.2, 0.25) is 0 Å². The summed E-state index contributed by atoms with van der Waals surface area (Å²) in [4.78, 5) is 2.28. The van der Waals surface area contributed by atoms with Gasteiger partial charge in [-0.05, 0) is 33.2 Å². The van der Waals surface area contributed by atoms with Crippen LogP contribution in [0.3, 0.4) is 0 Å². The van der Waals surface area contributed by atoms with Crippen molar-refractivity contribution in [3.8, 4) is 0 Å². The van der Waals surface area contributed by atoms with Gasteiger partial charge in [-0.1, -0.05) is 0 Å². The van der Waals surface area contributed by atoms with Gasteiger partial charge in [0.15, 0.2) is 0 Å². The van der Waals surface area contributed by atoms with Crippen LogP contribution in [0.4, 0.5) is 0 Å². The highest BCUT2D eigenvalue weighted by Crippen LogP contribution is 2.15. The van der Waals surface area contributed by atoms with E-state index in [9.17, 15) is 5.11 Å². The first kappa shape index (κ1) is 9.96. The van der Waals surface area contributed by atoms with E-state index in [2.05, 4.69) is 11.8 Å². The van der Waals surface area contributed by atoms with Gasteiger partial charge in [0.05, 0.1) is 6.10 Å². The Morgan fingerprint density at radius 2 is 2.33 bits per heavy atom. The van der Waals surface area contributed by atoms with Gasteiger partial charge >= 0.3 is 0 Å². The molecule has 0 aliphatic carbocycles. The Morgan fingerprint density at radius 1 is 1.67 bits per heavy atom. The van der Waals surface area contributed by atoms with Crippen LogP contribution in [0.25, 0.3) is 0 Å². The molecule has 0 bridgehead atoms. The summed E-state index contributed by atoms with van der Waals surface area (Å²) in [7, 11) is 0. The number of rotatable bonds is 2. The molecule has 0 saturated carbocycles. The molecule has 3 heteroatoms. The van der Waals surface area contributed by atoms with Gasteiger partial charge in [0.25, 0.3) is 0 Å². The van der Waals surface area contributed by atoms with Crippen LogP contribution >= 0.6 is 0 Å². The summed E-state index contributed by atoms with van der Waals surface area (Å²) in [5.74, 6) is 0. The Bertz CT molecular complexity index is 138. The molecule has 0 aromatic heterocycles. The predicted octanol–water partition coefficient (Wildman–Crippen LogP) is 0.179. The highest BCUT2D eigenvalue weighted by molar-refractivity contribution is 4.84. The number of β-amino-alcohol motifs (C(OH)–C–C–N with tert-alkyl or cyclic N) is 1. The van der Waals surface area contributed by atoms with Crippen molar-refractivity contribution in [2.45, 2.75) is 44.9 Å². The summed E-state index contributed by atoms with van der Waals surface area (Å²) >= 11 is 0. The van der Waals surface area contributed by atoms with E-state index in [4.69, 9.17) is 5.73 Å². The summed E-state index contributed by atoms with van der Waals surface area (Å²) in [6.07, 6.45) is 2.05. The highest BCUT2D eigenvalue weighted by atomic mass is 16.3. The zero-order chi connectivity index (χ0) is 9.14.